The first-order chi connectivity index (χ1) is 10.3. The number of benzene rings is 2. The Bertz CT molecular complexity index is 759. The van der Waals surface area contributed by atoms with Gasteiger partial charge in [0.2, 0.25) is 0 Å². The van der Waals surface area contributed by atoms with E-state index in [1.54, 1.807) is 0 Å². The molecular weight excluding hydrogens is 265 g/mol. The molecule has 1 atom stereocenters. The Balaban J connectivity index is 1.69. The second-order valence-corrected chi connectivity index (χ2v) is 5.65. The molecule has 1 saturated carbocycles. The van der Waals surface area contributed by atoms with Crippen LogP contribution in [0.25, 0.3) is 10.9 Å². The summed E-state index contributed by atoms with van der Waals surface area (Å²) in [6, 6.07) is 13.1. The Kier molecular flexibility index (Phi) is 2.88. The van der Waals surface area contributed by atoms with Crippen LogP contribution in [0.5, 0.6) is 0 Å². The highest BCUT2D eigenvalue weighted by molar-refractivity contribution is 5.91. The first-order valence-electron chi connectivity index (χ1n) is 7.25. The highest BCUT2D eigenvalue weighted by Gasteiger charge is 2.32. The number of rotatable bonds is 4. The fourth-order valence-electron chi connectivity index (χ4n) is 2.83. The van der Waals surface area contributed by atoms with Crippen LogP contribution in [-0.2, 0) is 0 Å². The average molecular weight is 281 g/mol. The summed E-state index contributed by atoms with van der Waals surface area (Å²) in [6.07, 6.45) is 4.28. The van der Waals surface area contributed by atoms with Crippen molar-refractivity contribution in [3.8, 4) is 0 Å². The molecule has 0 radical (unpaired) electrons. The molecule has 1 aromatic heterocycles. The smallest absolute Gasteiger partial charge is 0.123 e. The van der Waals surface area contributed by atoms with Crippen molar-refractivity contribution < 1.29 is 4.39 Å². The Morgan fingerprint density at radius 2 is 1.95 bits per heavy atom. The molecular formula is C17H16FN3. The minimum absolute atomic E-state index is 0.190. The molecule has 1 fully saturated rings. The summed E-state index contributed by atoms with van der Waals surface area (Å²) in [5.41, 5.74) is 3.23. The van der Waals surface area contributed by atoms with Crippen LogP contribution in [0.15, 0.2) is 48.7 Å². The Hall–Kier alpha value is -2.36. The number of nitrogens with zero attached hydrogens (tertiary/aromatic N) is 1. The molecule has 3 nitrogen and oxygen atoms in total. The summed E-state index contributed by atoms with van der Waals surface area (Å²) in [5.74, 6) is 0.433. The quantitative estimate of drug-likeness (QED) is 0.750. The molecule has 106 valence electrons. The lowest BCUT2D eigenvalue weighted by Crippen LogP contribution is -2.13. The molecule has 2 aromatic carbocycles. The Morgan fingerprint density at radius 1 is 1.14 bits per heavy atom. The Morgan fingerprint density at radius 3 is 2.71 bits per heavy atom. The van der Waals surface area contributed by atoms with Crippen molar-refractivity contribution in [3.63, 3.8) is 0 Å². The zero-order valence-corrected chi connectivity index (χ0v) is 11.5. The number of halogens is 1. The molecule has 0 saturated heterocycles. The lowest BCUT2D eigenvalue weighted by molar-refractivity contribution is 0.622. The first kappa shape index (κ1) is 12.4. The van der Waals surface area contributed by atoms with Crippen molar-refractivity contribution in [3.05, 3.63) is 60.0 Å². The molecule has 0 amide bonds. The van der Waals surface area contributed by atoms with Gasteiger partial charge in [-0.2, -0.15) is 5.10 Å². The van der Waals surface area contributed by atoms with E-state index in [1.807, 2.05) is 30.5 Å². The van der Waals surface area contributed by atoms with Gasteiger partial charge in [0.15, 0.2) is 0 Å². The summed E-state index contributed by atoms with van der Waals surface area (Å²) in [4.78, 5) is 0. The van der Waals surface area contributed by atoms with E-state index in [0.29, 0.717) is 5.92 Å². The van der Waals surface area contributed by atoms with Crippen LogP contribution in [0, 0.1) is 11.7 Å². The number of hydrogen-bond donors (Lipinski definition) is 2. The van der Waals surface area contributed by atoms with Gasteiger partial charge >= 0.3 is 0 Å². The maximum absolute atomic E-state index is 13.1. The molecule has 0 aliphatic heterocycles. The number of fused-ring (bicyclic) bond motifs is 1. The van der Waals surface area contributed by atoms with Crippen LogP contribution in [0.4, 0.5) is 10.1 Å². The summed E-state index contributed by atoms with van der Waals surface area (Å²) in [7, 11) is 0. The van der Waals surface area contributed by atoms with Gasteiger partial charge in [0.25, 0.3) is 0 Å². The van der Waals surface area contributed by atoms with Gasteiger partial charge in [0, 0.05) is 11.1 Å². The van der Waals surface area contributed by atoms with Crippen LogP contribution >= 0.6 is 0 Å². The SMILES string of the molecule is Fc1ccc(C(Nc2cccc3[nH]ncc23)C2CC2)cc1. The second-order valence-electron chi connectivity index (χ2n) is 5.65. The van der Waals surface area contributed by atoms with Gasteiger partial charge in [-0.1, -0.05) is 18.2 Å². The number of hydrogen-bond acceptors (Lipinski definition) is 2. The number of aromatic amines is 1. The number of aromatic nitrogens is 2. The van der Waals surface area contributed by atoms with Gasteiger partial charge in [-0.15, -0.1) is 0 Å². The summed E-state index contributed by atoms with van der Waals surface area (Å²) in [6.45, 7) is 0. The lowest BCUT2D eigenvalue weighted by Gasteiger charge is -2.20. The van der Waals surface area contributed by atoms with E-state index in [0.717, 1.165) is 22.2 Å². The third-order valence-electron chi connectivity index (χ3n) is 4.12. The molecule has 1 unspecified atom stereocenters. The minimum atomic E-state index is -0.190. The number of H-pyrrole nitrogens is 1. The van der Waals surface area contributed by atoms with Gasteiger partial charge in [-0.05, 0) is 48.6 Å². The molecule has 1 aliphatic carbocycles. The second kappa shape index (κ2) is 4.88. The lowest BCUT2D eigenvalue weighted by atomic mass is 10.0. The van der Waals surface area contributed by atoms with Gasteiger partial charge in [0.1, 0.15) is 5.82 Å². The highest BCUT2D eigenvalue weighted by atomic mass is 19.1. The fourth-order valence-corrected chi connectivity index (χ4v) is 2.83. The largest absolute Gasteiger partial charge is 0.377 e. The van der Waals surface area contributed by atoms with E-state index in [-0.39, 0.29) is 11.9 Å². The van der Waals surface area contributed by atoms with Crippen molar-refractivity contribution in [2.45, 2.75) is 18.9 Å². The molecule has 4 rings (SSSR count). The average Bonchev–Trinajstić information content (AvgIpc) is 3.22. The predicted octanol–water partition coefficient (Wildman–Crippen LogP) is 4.27. The van der Waals surface area contributed by atoms with Crippen molar-refractivity contribution in [1.29, 1.82) is 0 Å². The van der Waals surface area contributed by atoms with E-state index in [1.165, 1.54) is 25.0 Å². The highest BCUT2D eigenvalue weighted by Crippen LogP contribution is 2.43. The summed E-state index contributed by atoms with van der Waals surface area (Å²) < 4.78 is 13.1. The van der Waals surface area contributed by atoms with Crippen LogP contribution in [0.2, 0.25) is 0 Å². The van der Waals surface area contributed by atoms with E-state index < -0.39 is 0 Å². The molecule has 1 heterocycles. The maximum Gasteiger partial charge on any atom is 0.123 e. The summed E-state index contributed by atoms with van der Waals surface area (Å²) in [5, 5.41) is 11.8. The maximum atomic E-state index is 13.1. The van der Waals surface area contributed by atoms with Crippen molar-refractivity contribution in [1.82, 2.24) is 10.2 Å². The molecule has 4 heteroatoms. The van der Waals surface area contributed by atoms with Crippen molar-refractivity contribution >= 4 is 16.6 Å². The van der Waals surface area contributed by atoms with Crippen molar-refractivity contribution in [2.75, 3.05) is 5.32 Å². The minimum Gasteiger partial charge on any atom is -0.377 e. The molecule has 0 spiro atoms. The van der Waals surface area contributed by atoms with E-state index >= 15 is 0 Å². The molecule has 1 aliphatic rings. The predicted molar refractivity (Wildman–Crippen MR) is 81.6 cm³/mol. The van der Waals surface area contributed by atoms with Crippen molar-refractivity contribution in [2.24, 2.45) is 5.92 Å². The van der Waals surface area contributed by atoms with Crippen LogP contribution < -0.4 is 5.32 Å². The monoisotopic (exact) mass is 281 g/mol. The Labute approximate surface area is 122 Å². The number of nitrogens with one attached hydrogen (secondary N) is 2. The van der Waals surface area contributed by atoms with E-state index in [2.05, 4.69) is 21.6 Å². The first-order valence-corrected chi connectivity index (χ1v) is 7.25. The molecule has 21 heavy (non-hydrogen) atoms. The molecule has 0 bridgehead atoms. The van der Waals surface area contributed by atoms with Crippen LogP contribution in [0.3, 0.4) is 0 Å². The fraction of sp³-hybridized carbons (Fsp3) is 0.235. The van der Waals surface area contributed by atoms with E-state index in [4.69, 9.17) is 0 Å². The summed E-state index contributed by atoms with van der Waals surface area (Å²) >= 11 is 0. The molecule has 2 N–H and O–H groups in total. The zero-order chi connectivity index (χ0) is 14.2. The third-order valence-corrected chi connectivity index (χ3v) is 4.12. The van der Waals surface area contributed by atoms with Gasteiger partial charge in [-0.3, -0.25) is 5.10 Å². The standard InChI is InChI=1S/C17H16FN3/c18-13-8-6-12(7-9-13)17(11-4-5-11)20-15-2-1-3-16-14(15)10-19-21-16/h1-3,6-11,17,20H,4-5H2,(H,19,21). The third kappa shape index (κ3) is 2.37. The van der Waals surface area contributed by atoms with Gasteiger partial charge in [0.05, 0.1) is 17.8 Å². The zero-order valence-electron chi connectivity index (χ0n) is 11.5. The number of anilines is 1. The van der Waals surface area contributed by atoms with Gasteiger partial charge in [-0.25, -0.2) is 4.39 Å². The normalized spacial score (nSPS) is 16.0. The topological polar surface area (TPSA) is 40.7 Å². The van der Waals surface area contributed by atoms with E-state index in [9.17, 15) is 4.39 Å². The molecule has 3 aromatic rings. The van der Waals surface area contributed by atoms with Gasteiger partial charge < -0.3 is 5.32 Å². The van der Waals surface area contributed by atoms with Crippen LogP contribution in [-0.4, -0.2) is 10.2 Å². The van der Waals surface area contributed by atoms with Crippen LogP contribution in [0.1, 0.15) is 24.4 Å².